The van der Waals surface area contributed by atoms with Crippen molar-refractivity contribution in [3.8, 4) is 11.5 Å². The number of ether oxygens (including phenoxy) is 2. The molecule has 1 heterocycles. The van der Waals surface area contributed by atoms with Gasteiger partial charge in [-0.15, -0.1) is 0 Å². The minimum absolute atomic E-state index is 0.0672. The Morgan fingerprint density at radius 2 is 1.97 bits per heavy atom. The summed E-state index contributed by atoms with van der Waals surface area (Å²) < 4.78 is 39.2. The number of benzene rings is 2. The maximum absolute atomic E-state index is 14.5. The fourth-order valence-corrected chi connectivity index (χ4v) is 4.01. The average Bonchev–Trinajstić information content (AvgIpc) is 3.34. The highest BCUT2D eigenvalue weighted by molar-refractivity contribution is 5.68. The zero-order chi connectivity index (χ0) is 22.8. The third-order valence-electron chi connectivity index (χ3n) is 6.05. The zero-order valence-corrected chi connectivity index (χ0v) is 18.0. The molecule has 0 radical (unpaired) electrons. The van der Waals surface area contributed by atoms with Crippen LogP contribution in [0.15, 0.2) is 36.4 Å². The number of fused-ring (bicyclic) bond motifs is 2. The third-order valence-corrected chi connectivity index (χ3v) is 6.05. The highest BCUT2D eigenvalue weighted by Crippen LogP contribution is 2.44. The van der Waals surface area contributed by atoms with Gasteiger partial charge in [0.1, 0.15) is 17.1 Å². The van der Waals surface area contributed by atoms with Crippen LogP contribution in [0.2, 0.25) is 0 Å². The number of hydrogen-bond donors (Lipinski definition) is 2. The Kier molecular flexibility index (Phi) is 6.55. The van der Waals surface area contributed by atoms with Crippen LogP contribution in [0.4, 0.5) is 8.78 Å². The molecule has 2 aromatic carbocycles. The van der Waals surface area contributed by atoms with E-state index in [1.165, 1.54) is 33.1 Å². The third kappa shape index (κ3) is 4.66. The van der Waals surface area contributed by atoms with Crippen molar-refractivity contribution in [2.45, 2.75) is 57.0 Å². The van der Waals surface area contributed by atoms with Gasteiger partial charge in [0, 0.05) is 30.2 Å². The summed E-state index contributed by atoms with van der Waals surface area (Å²) in [5, 5.41) is 17.8. The predicted octanol–water partition coefficient (Wildman–Crippen LogP) is 5.04. The SMILES string of the molecule is COC(C)(C)C(F)(F)c1cccc2c1CCC2.O=C(O)C[C@@H]1COc2cc(O)ccc21. The number of alkyl halides is 2. The average molecular weight is 434 g/mol. The Balaban J connectivity index is 0.000000179. The fourth-order valence-electron chi connectivity index (χ4n) is 4.01. The molecule has 0 saturated heterocycles. The number of aryl methyl sites for hydroxylation is 1. The Morgan fingerprint density at radius 1 is 1.23 bits per heavy atom. The van der Waals surface area contributed by atoms with Gasteiger partial charge in [0.05, 0.1) is 13.0 Å². The van der Waals surface area contributed by atoms with Crippen molar-refractivity contribution in [1.82, 2.24) is 0 Å². The monoisotopic (exact) mass is 434 g/mol. The smallest absolute Gasteiger partial charge is 0.304 e. The lowest BCUT2D eigenvalue weighted by molar-refractivity contribution is -0.185. The molecule has 5 nitrogen and oxygen atoms in total. The molecule has 0 amide bonds. The lowest BCUT2D eigenvalue weighted by Gasteiger charge is -2.34. The fraction of sp³-hybridized carbons (Fsp3) is 0.458. The van der Waals surface area contributed by atoms with Gasteiger partial charge in [-0.05, 0) is 50.3 Å². The Bertz CT molecular complexity index is 955. The number of methoxy groups -OCH3 is 1. The molecule has 2 N–H and O–H groups in total. The van der Waals surface area contributed by atoms with Crippen LogP contribution in [-0.2, 0) is 28.3 Å². The van der Waals surface area contributed by atoms with E-state index in [1.54, 1.807) is 18.2 Å². The maximum atomic E-state index is 14.5. The Labute approximate surface area is 180 Å². The van der Waals surface area contributed by atoms with E-state index in [2.05, 4.69) is 0 Å². The van der Waals surface area contributed by atoms with Crippen LogP contribution in [0.25, 0.3) is 0 Å². The lowest BCUT2D eigenvalue weighted by Crippen LogP contribution is -2.42. The number of phenols is 1. The summed E-state index contributed by atoms with van der Waals surface area (Å²) >= 11 is 0. The molecule has 2 aromatic rings. The van der Waals surface area contributed by atoms with Crippen molar-refractivity contribution in [3.05, 3.63) is 58.7 Å². The summed E-state index contributed by atoms with van der Waals surface area (Å²) in [4.78, 5) is 10.5. The molecule has 0 unspecified atom stereocenters. The first-order chi connectivity index (χ1) is 14.6. The molecule has 0 aromatic heterocycles. The second-order valence-corrected chi connectivity index (χ2v) is 8.41. The van der Waals surface area contributed by atoms with E-state index in [4.69, 9.17) is 19.7 Å². The number of rotatable bonds is 5. The van der Waals surface area contributed by atoms with Gasteiger partial charge in [0.25, 0.3) is 0 Å². The maximum Gasteiger partial charge on any atom is 0.304 e. The first kappa shape index (κ1) is 23.0. The number of aromatic hydroxyl groups is 1. The van der Waals surface area contributed by atoms with Crippen LogP contribution >= 0.6 is 0 Å². The number of halogens is 2. The summed E-state index contributed by atoms with van der Waals surface area (Å²) in [7, 11) is 1.33. The highest BCUT2D eigenvalue weighted by Gasteiger charge is 2.50. The van der Waals surface area contributed by atoms with E-state index < -0.39 is 17.5 Å². The normalized spacial score (nSPS) is 17.3. The van der Waals surface area contributed by atoms with Crippen molar-refractivity contribution in [2.24, 2.45) is 0 Å². The van der Waals surface area contributed by atoms with Crippen molar-refractivity contribution in [3.63, 3.8) is 0 Å². The zero-order valence-electron chi connectivity index (χ0n) is 18.0. The quantitative estimate of drug-likeness (QED) is 0.690. The molecule has 0 saturated carbocycles. The number of phenolic OH excluding ortho intramolecular Hbond substituents is 1. The molecule has 7 heteroatoms. The van der Waals surface area contributed by atoms with Crippen LogP contribution in [0.1, 0.15) is 54.9 Å². The molecule has 168 valence electrons. The summed E-state index contributed by atoms with van der Waals surface area (Å²) in [6.45, 7) is 3.24. The predicted molar refractivity (Wildman–Crippen MR) is 112 cm³/mol. The van der Waals surface area contributed by atoms with Crippen LogP contribution in [-0.4, -0.2) is 35.5 Å². The van der Waals surface area contributed by atoms with Gasteiger partial charge < -0.3 is 19.7 Å². The molecule has 0 fully saturated rings. The first-order valence-electron chi connectivity index (χ1n) is 10.3. The number of aliphatic carboxylic acids is 1. The van der Waals surface area contributed by atoms with E-state index in [-0.39, 0.29) is 23.7 Å². The van der Waals surface area contributed by atoms with Gasteiger partial charge >= 0.3 is 11.9 Å². The lowest BCUT2D eigenvalue weighted by atomic mass is 9.88. The molecule has 0 bridgehead atoms. The Hall–Kier alpha value is -2.67. The molecular weight excluding hydrogens is 406 g/mol. The number of hydrogen-bond acceptors (Lipinski definition) is 4. The van der Waals surface area contributed by atoms with Gasteiger partial charge in [0.2, 0.25) is 0 Å². The van der Waals surface area contributed by atoms with Crippen molar-refractivity contribution in [2.75, 3.05) is 13.7 Å². The van der Waals surface area contributed by atoms with E-state index in [0.717, 1.165) is 36.0 Å². The molecule has 1 aliphatic heterocycles. The van der Waals surface area contributed by atoms with E-state index in [0.29, 0.717) is 12.4 Å². The minimum atomic E-state index is -2.96. The minimum Gasteiger partial charge on any atom is -0.508 e. The molecular formula is C24H28F2O5. The Morgan fingerprint density at radius 3 is 2.65 bits per heavy atom. The van der Waals surface area contributed by atoms with E-state index in [1.807, 2.05) is 6.07 Å². The second kappa shape index (κ2) is 8.83. The molecule has 2 aliphatic rings. The van der Waals surface area contributed by atoms with Gasteiger partial charge in [-0.25, -0.2) is 0 Å². The largest absolute Gasteiger partial charge is 0.508 e. The topological polar surface area (TPSA) is 76.0 Å². The number of carboxylic acid groups (broad SMARTS) is 1. The van der Waals surface area contributed by atoms with E-state index in [9.17, 15) is 13.6 Å². The molecule has 4 rings (SSSR count). The van der Waals surface area contributed by atoms with Crippen molar-refractivity contribution in [1.29, 1.82) is 0 Å². The van der Waals surface area contributed by atoms with Gasteiger partial charge in [0.15, 0.2) is 0 Å². The second-order valence-electron chi connectivity index (χ2n) is 8.41. The summed E-state index contributed by atoms with van der Waals surface area (Å²) in [5.41, 5.74) is 1.41. The molecule has 0 spiro atoms. The van der Waals surface area contributed by atoms with Crippen LogP contribution in [0.5, 0.6) is 11.5 Å². The summed E-state index contributed by atoms with van der Waals surface area (Å²) in [6.07, 6.45) is 2.70. The van der Waals surface area contributed by atoms with Gasteiger partial charge in [-0.2, -0.15) is 8.78 Å². The van der Waals surface area contributed by atoms with Gasteiger partial charge in [-0.3, -0.25) is 4.79 Å². The van der Waals surface area contributed by atoms with Crippen molar-refractivity contribution < 1.29 is 33.3 Å². The van der Waals surface area contributed by atoms with Crippen LogP contribution < -0.4 is 4.74 Å². The number of carbonyl (C=O) groups is 1. The highest BCUT2D eigenvalue weighted by atomic mass is 19.3. The molecule has 1 atom stereocenters. The summed E-state index contributed by atoms with van der Waals surface area (Å²) in [6, 6.07) is 9.97. The van der Waals surface area contributed by atoms with Crippen molar-refractivity contribution >= 4 is 5.97 Å². The molecule has 31 heavy (non-hydrogen) atoms. The number of carboxylic acids is 1. The molecule has 1 aliphatic carbocycles. The van der Waals surface area contributed by atoms with Gasteiger partial charge in [-0.1, -0.05) is 24.3 Å². The summed E-state index contributed by atoms with van der Waals surface area (Å²) in [5.74, 6) is -3.16. The van der Waals surface area contributed by atoms with Crippen LogP contribution in [0, 0.1) is 0 Å². The van der Waals surface area contributed by atoms with E-state index >= 15 is 0 Å². The van der Waals surface area contributed by atoms with Crippen LogP contribution in [0.3, 0.4) is 0 Å². The first-order valence-corrected chi connectivity index (χ1v) is 10.3. The standard InChI is InChI=1S/C14H18F2O.C10H10O4/c1-13(2,17-3)14(15,16)12-9-5-7-10-6-4-8-11(10)12;11-7-1-2-8-6(3-10(12)13)5-14-9(8)4-7/h5,7,9H,4,6,8H2,1-3H3;1-2,4,6,11H,3,5H2,(H,12,13)/t;6-/m.1/s1.